The molecule has 0 atom stereocenters. The molecule has 0 saturated carbocycles. The Morgan fingerprint density at radius 2 is 1.65 bits per heavy atom. The summed E-state index contributed by atoms with van der Waals surface area (Å²) in [6.45, 7) is 5.69. The van der Waals surface area contributed by atoms with Crippen LogP contribution in [-0.4, -0.2) is 55.7 Å². The molecule has 0 unspecified atom stereocenters. The molecule has 8 heteroatoms. The van der Waals surface area contributed by atoms with E-state index in [9.17, 15) is 4.79 Å². The molecule has 0 aliphatic rings. The fourth-order valence-corrected chi connectivity index (χ4v) is 3.21. The third-order valence-electron chi connectivity index (χ3n) is 2.82. The van der Waals surface area contributed by atoms with Gasteiger partial charge >= 0.3 is 14.8 Å². The Hall–Kier alpha value is -0.513. The number of hydrogen-bond donors (Lipinski definition) is 2. The van der Waals surface area contributed by atoms with Gasteiger partial charge in [-0.15, -0.1) is 0 Å². The van der Waals surface area contributed by atoms with Gasteiger partial charge < -0.3 is 23.4 Å². The molecule has 0 aliphatic heterocycles. The molecular weight excluding hydrogens is 280 g/mol. The van der Waals surface area contributed by atoms with Gasteiger partial charge in [-0.05, 0) is 13.0 Å². The molecule has 0 spiro atoms. The molecule has 0 rings (SSSR count). The molecule has 0 aromatic carbocycles. The minimum absolute atomic E-state index is 0.120. The molecule has 0 radical (unpaired) electrons. The Morgan fingerprint density at radius 3 is 2.15 bits per heavy atom. The quantitative estimate of drug-likeness (QED) is 0.310. The zero-order valence-corrected chi connectivity index (χ0v) is 14.2. The number of carbonyl (C=O) groups excluding carboxylic acids is 1. The van der Waals surface area contributed by atoms with Crippen LogP contribution < -0.4 is 10.8 Å². The van der Waals surface area contributed by atoms with E-state index in [4.69, 9.17) is 18.1 Å². The monoisotopic (exact) mass is 308 g/mol. The summed E-state index contributed by atoms with van der Waals surface area (Å²) in [5.41, 5.74) is 2.63. The van der Waals surface area contributed by atoms with Gasteiger partial charge in [-0.3, -0.25) is 4.79 Å². The Bertz CT molecular complexity index is 254. The van der Waals surface area contributed by atoms with Crippen LogP contribution in [0.3, 0.4) is 0 Å². The van der Waals surface area contributed by atoms with Gasteiger partial charge in [0.05, 0.1) is 5.92 Å². The normalized spacial score (nSPS) is 11.9. The number of hydrogen-bond acceptors (Lipinski definition) is 7. The molecule has 0 aromatic rings. The average Bonchev–Trinajstić information content (AvgIpc) is 2.46. The summed E-state index contributed by atoms with van der Waals surface area (Å²) in [5, 5.41) is 3.23. The van der Waals surface area contributed by atoms with Gasteiger partial charge in [-0.25, -0.2) is 0 Å². The van der Waals surface area contributed by atoms with E-state index in [1.54, 1.807) is 35.2 Å². The van der Waals surface area contributed by atoms with Gasteiger partial charge in [0.15, 0.2) is 0 Å². The fraction of sp³-hybridized carbons (Fsp3) is 0.917. The lowest BCUT2D eigenvalue weighted by atomic mass is 10.2. The number of hydroxylamine groups is 1. The van der Waals surface area contributed by atoms with Crippen molar-refractivity contribution in [3.05, 3.63) is 0 Å². The molecule has 120 valence electrons. The van der Waals surface area contributed by atoms with Crippen LogP contribution in [0.25, 0.3) is 0 Å². The van der Waals surface area contributed by atoms with Crippen molar-refractivity contribution in [2.24, 2.45) is 5.92 Å². The largest absolute Gasteiger partial charge is 0.500 e. The van der Waals surface area contributed by atoms with E-state index in [2.05, 4.69) is 10.8 Å². The van der Waals surface area contributed by atoms with Crippen molar-refractivity contribution >= 4 is 14.8 Å². The van der Waals surface area contributed by atoms with Crippen molar-refractivity contribution in [3.63, 3.8) is 0 Å². The van der Waals surface area contributed by atoms with Crippen LogP contribution in [0.5, 0.6) is 0 Å². The van der Waals surface area contributed by atoms with E-state index >= 15 is 0 Å². The first-order valence-electron chi connectivity index (χ1n) is 6.81. The van der Waals surface area contributed by atoms with Gasteiger partial charge in [-0.1, -0.05) is 13.8 Å². The summed E-state index contributed by atoms with van der Waals surface area (Å²) in [7, 11) is 2.39. The second-order valence-electron chi connectivity index (χ2n) is 4.62. The highest BCUT2D eigenvalue weighted by molar-refractivity contribution is 6.60. The van der Waals surface area contributed by atoms with Crippen LogP contribution in [0.4, 0.5) is 0 Å². The Labute approximate surface area is 122 Å². The summed E-state index contributed by atoms with van der Waals surface area (Å²) < 4.78 is 16.0. The first-order valence-corrected chi connectivity index (χ1v) is 8.74. The van der Waals surface area contributed by atoms with Crippen LogP contribution >= 0.6 is 0 Å². The third-order valence-corrected chi connectivity index (χ3v) is 5.65. The Kier molecular flexibility index (Phi) is 10.9. The SMILES string of the molecule is CO[Si](CCCNCCNOC(=O)C(C)C)(OC)OC. The van der Waals surface area contributed by atoms with E-state index in [0.29, 0.717) is 13.1 Å². The standard InChI is InChI=1S/C12H28N2O5Si/c1-11(2)12(15)19-14-9-8-13-7-6-10-20(16-3,17-4)18-5/h11,13-14H,6-10H2,1-5H3. The van der Waals surface area contributed by atoms with Crippen LogP contribution in [-0.2, 0) is 22.9 Å². The van der Waals surface area contributed by atoms with Gasteiger partial charge in [0.2, 0.25) is 0 Å². The molecule has 0 heterocycles. The second kappa shape index (κ2) is 11.2. The maximum atomic E-state index is 11.1. The van der Waals surface area contributed by atoms with Crippen molar-refractivity contribution in [2.75, 3.05) is 41.0 Å². The molecule has 0 aliphatic carbocycles. The fourth-order valence-electron chi connectivity index (χ4n) is 1.49. The third kappa shape index (κ3) is 7.93. The molecular formula is C12H28N2O5Si. The zero-order chi connectivity index (χ0) is 15.4. The predicted molar refractivity (Wildman–Crippen MR) is 78.0 cm³/mol. The lowest BCUT2D eigenvalue weighted by Crippen LogP contribution is -2.43. The average molecular weight is 308 g/mol. The maximum absolute atomic E-state index is 11.1. The molecule has 2 N–H and O–H groups in total. The zero-order valence-electron chi connectivity index (χ0n) is 13.2. The van der Waals surface area contributed by atoms with Gasteiger partial charge in [0.1, 0.15) is 0 Å². The summed E-state index contributed by atoms with van der Waals surface area (Å²) in [6, 6.07) is 0.763. The summed E-state index contributed by atoms with van der Waals surface area (Å²) in [6.07, 6.45) is 0.896. The smallest absolute Gasteiger partial charge is 0.377 e. The van der Waals surface area contributed by atoms with Crippen molar-refractivity contribution in [2.45, 2.75) is 26.3 Å². The van der Waals surface area contributed by atoms with E-state index < -0.39 is 8.80 Å². The maximum Gasteiger partial charge on any atom is 0.500 e. The molecule has 7 nitrogen and oxygen atoms in total. The Morgan fingerprint density at radius 1 is 1.05 bits per heavy atom. The van der Waals surface area contributed by atoms with Crippen LogP contribution in [0.15, 0.2) is 0 Å². The lowest BCUT2D eigenvalue weighted by molar-refractivity contribution is -0.154. The van der Waals surface area contributed by atoms with Gasteiger partial charge in [0.25, 0.3) is 0 Å². The highest BCUT2D eigenvalue weighted by Gasteiger charge is 2.36. The van der Waals surface area contributed by atoms with Crippen molar-refractivity contribution in [1.82, 2.24) is 10.8 Å². The highest BCUT2D eigenvalue weighted by Crippen LogP contribution is 2.14. The molecule has 0 saturated heterocycles. The Balaban J connectivity index is 3.51. The first-order chi connectivity index (χ1) is 9.51. The second-order valence-corrected chi connectivity index (χ2v) is 7.71. The summed E-state index contributed by atoms with van der Waals surface area (Å²) in [4.78, 5) is 16.0. The first kappa shape index (κ1) is 19.5. The predicted octanol–water partition coefficient (Wildman–Crippen LogP) is 0.548. The van der Waals surface area contributed by atoms with Crippen LogP contribution in [0, 0.1) is 5.92 Å². The van der Waals surface area contributed by atoms with Crippen molar-refractivity contribution in [3.8, 4) is 0 Å². The lowest BCUT2D eigenvalue weighted by Gasteiger charge is -2.24. The van der Waals surface area contributed by atoms with Gasteiger partial charge in [-0.2, -0.15) is 5.48 Å². The van der Waals surface area contributed by atoms with E-state index in [1.807, 2.05) is 0 Å². The highest BCUT2D eigenvalue weighted by atomic mass is 28.4. The van der Waals surface area contributed by atoms with Crippen LogP contribution in [0.2, 0.25) is 6.04 Å². The number of rotatable bonds is 12. The van der Waals surface area contributed by atoms with E-state index in [-0.39, 0.29) is 11.9 Å². The molecule has 0 fully saturated rings. The minimum atomic E-state index is -2.45. The number of nitrogens with one attached hydrogen (secondary N) is 2. The molecule has 0 amide bonds. The number of carbonyl (C=O) groups is 1. The topological polar surface area (TPSA) is 78.0 Å². The van der Waals surface area contributed by atoms with E-state index in [0.717, 1.165) is 19.0 Å². The summed E-state index contributed by atoms with van der Waals surface area (Å²) in [5.74, 6) is -0.369. The van der Waals surface area contributed by atoms with Crippen molar-refractivity contribution < 1.29 is 22.9 Å². The van der Waals surface area contributed by atoms with Crippen LogP contribution in [0.1, 0.15) is 20.3 Å². The molecule has 20 heavy (non-hydrogen) atoms. The minimum Gasteiger partial charge on any atom is -0.377 e. The van der Waals surface area contributed by atoms with E-state index in [1.165, 1.54) is 0 Å². The van der Waals surface area contributed by atoms with Gasteiger partial charge in [0, 0.05) is 40.5 Å². The molecule has 0 bridgehead atoms. The van der Waals surface area contributed by atoms with Crippen molar-refractivity contribution in [1.29, 1.82) is 0 Å². The molecule has 0 aromatic heterocycles. The summed E-state index contributed by atoms with van der Waals surface area (Å²) >= 11 is 0.